The van der Waals surface area contributed by atoms with Gasteiger partial charge in [0.2, 0.25) is 0 Å². The number of nitrogens with zero attached hydrogens (tertiary/aromatic N) is 2. The third-order valence-electron chi connectivity index (χ3n) is 6.86. The van der Waals surface area contributed by atoms with E-state index in [4.69, 9.17) is 9.97 Å². The van der Waals surface area contributed by atoms with E-state index < -0.39 is 7.92 Å². The molecule has 0 amide bonds. The maximum atomic E-state index is 5.15. The average molecular weight is 491 g/mol. The first-order valence-electron chi connectivity index (χ1n) is 12.4. The monoisotopic (exact) mass is 490 g/mol. The smallest absolute Gasteiger partial charge is 0.0788 e. The molecular formula is C34H23N2P. The Balaban J connectivity index is 1.42. The van der Waals surface area contributed by atoms with Gasteiger partial charge >= 0.3 is 0 Å². The van der Waals surface area contributed by atoms with Crippen molar-refractivity contribution in [1.29, 1.82) is 0 Å². The maximum absolute atomic E-state index is 5.15. The first-order chi connectivity index (χ1) is 18.4. The van der Waals surface area contributed by atoms with Gasteiger partial charge in [0.15, 0.2) is 0 Å². The third-order valence-corrected chi connectivity index (χ3v) is 9.31. The topological polar surface area (TPSA) is 25.8 Å². The fraction of sp³-hybridized carbons (Fsp3) is 0. The second kappa shape index (κ2) is 9.24. The molecule has 0 radical (unpaired) electrons. The van der Waals surface area contributed by atoms with Crippen molar-refractivity contribution in [1.82, 2.24) is 9.97 Å². The Morgan fingerprint density at radius 1 is 0.486 bits per heavy atom. The minimum absolute atomic E-state index is 0.644. The summed E-state index contributed by atoms with van der Waals surface area (Å²) in [5, 5.41) is 8.60. The van der Waals surface area contributed by atoms with E-state index in [1.807, 2.05) is 12.3 Å². The molecule has 0 aliphatic rings. The van der Waals surface area contributed by atoms with Gasteiger partial charge in [0.1, 0.15) is 0 Å². The van der Waals surface area contributed by atoms with Crippen molar-refractivity contribution in [3.05, 3.63) is 140 Å². The lowest BCUT2D eigenvalue weighted by Gasteiger charge is -2.20. The van der Waals surface area contributed by atoms with Gasteiger partial charge in [-0.2, -0.15) is 0 Å². The molecule has 0 saturated heterocycles. The molecule has 0 fully saturated rings. The van der Waals surface area contributed by atoms with Gasteiger partial charge in [0.05, 0.1) is 16.7 Å². The zero-order valence-corrected chi connectivity index (χ0v) is 21.0. The van der Waals surface area contributed by atoms with Crippen LogP contribution in [-0.2, 0) is 0 Å². The number of para-hydroxylation sites is 1. The predicted octanol–water partition coefficient (Wildman–Crippen LogP) is 7.36. The Labute approximate surface area is 217 Å². The van der Waals surface area contributed by atoms with Crippen LogP contribution >= 0.6 is 7.92 Å². The van der Waals surface area contributed by atoms with Crippen molar-refractivity contribution in [3.8, 4) is 11.3 Å². The van der Waals surface area contributed by atoms with E-state index in [2.05, 4.69) is 127 Å². The van der Waals surface area contributed by atoms with E-state index in [-0.39, 0.29) is 0 Å². The van der Waals surface area contributed by atoms with Crippen LogP contribution in [0.3, 0.4) is 0 Å². The van der Waals surface area contributed by atoms with Crippen LogP contribution in [0.25, 0.3) is 43.8 Å². The highest BCUT2D eigenvalue weighted by Crippen LogP contribution is 2.37. The van der Waals surface area contributed by atoms with E-state index in [9.17, 15) is 0 Å². The molecule has 2 heterocycles. The van der Waals surface area contributed by atoms with Crippen LogP contribution in [0.4, 0.5) is 0 Å². The van der Waals surface area contributed by atoms with E-state index in [1.165, 1.54) is 21.3 Å². The lowest BCUT2D eigenvalue weighted by atomic mass is 9.97. The molecule has 0 spiro atoms. The van der Waals surface area contributed by atoms with Gasteiger partial charge in [-0.1, -0.05) is 121 Å². The van der Waals surface area contributed by atoms with Gasteiger partial charge in [0.25, 0.3) is 0 Å². The predicted molar refractivity (Wildman–Crippen MR) is 159 cm³/mol. The Hall–Kier alpha value is -4.39. The van der Waals surface area contributed by atoms with Crippen LogP contribution < -0.4 is 15.9 Å². The van der Waals surface area contributed by atoms with Gasteiger partial charge in [-0.25, -0.2) is 4.98 Å². The van der Waals surface area contributed by atoms with E-state index in [1.54, 1.807) is 0 Å². The molecule has 0 aliphatic carbocycles. The molecule has 7 rings (SSSR count). The van der Waals surface area contributed by atoms with Crippen LogP contribution in [0.1, 0.15) is 0 Å². The molecule has 0 unspecified atom stereocenters. The quantitative estimate of drug-likeness (QED) is 0.190. The molecule has 0 atom stereocenters. The fourth-order valence-corrected chi connectivity index (χ4v) is 7.45. The summed E-state index contributed by atoms with van der Waals surface area (Å²) in [5.41, 5.74) is 4.12. The standard InChI is InChI=1S/C34H23N2P/c1-3-11-26(12-4-1)37(27-13-5-2-6-14-27)28-20-17-25(18-21-28)33-30-22-19-24-10-9-23-35-34(24)32(30)29-15-7-8-16-31(29)36-33/h1-23H. The van der Waals surface area contributed by atoms with E-state index >= 15 is 0 Å². The molecule has 0 N–H and O–H groups in total. The normalized spacial score (nSPS) is 11.5. The number of pyridine rings is 2. The summed E-state index contributed by atoms with van der Waals surface area (Å²) >= 11 is 0. The molecular weight excluding hydrogens is 467 g/mol. The first kappa shape index (κ1) is 21.9. The van der Waals surface area contributed by atoms with E-state index in [0.29, 0.717) is 0 Å². The van der Waals surface area contributed by atoms with Crippen LogP contribution in [0, 0.1) is 0 Å². The van der Waals surface area contributed by atoms with Gasteiger partial charge in [-0.05, 0) is 36.0 Å². The molecule has 0 aliphatic heterocycles. The second-order valence-corrected chi connectivity index (χ2v) is 11.3. The van der Waals surface area contributed by atoms with Gasteiger partial charge in [-0.3, -0.25) is 4.98 Å². The van der Waals surface area contributed by atoms with Gasteiger partial charge in [0, 0.05) is 33.3 Å². The van der Waals surface area contributed by atoms with Gasteiger partial charge < -0.3 is 0 Å². The zero-order chi connectivity index (χ0) is 24.6. The summed E-state index contributed by atoms with van der Waals surface area (Å²) in [6, 6.07) is 47.5. The maximum Gasteiger partial charge on any atom is 0.0788 e. The number of hydrogen-bond donors (Lipinski definition) is 0. The Kier molecular flexibility index (Phi) is 5.46. The Morgan fingerprint density at radius 3 is 1.86 bits per heavy atom. The zero-order valence-electron chi connectivity index (χ0n) is 20.1. The molecule has 3 heteroatoms. The summed E-state index contributed by atoms with van der Waals surface area (Å²) in [5.74, 6) is 0. The summed E-state index contributed by atoms with van der Waals surface area (Å²) in [6.07, 6.45) is 1.88. The summed E-state index contributed by atoms with van der Waals surface area (Å²) in [4.78, 5) is 9.92. The number of rotatable bonds is 4. The highest BCUT2D eigenvalue weighted by atomic mass is 31.1. The van der Waals surface area contributed by atoms with Crippen molar-refractivity contribution in [3.63, 3.8) is 0 Å². The summed E-state index contributed by atoms with van der Waals surface area (Å²) in [7, 11) is -0.644. The summed E-state index contributed by atoms with van der Waals surface area (Å²) in [6.45, 7) is 0. The summed E-state index contributed by atoms with van der Waals surface area (Å²) < 4.78 is 0. The van der Waals surface area contributed by atoms with E-state index in [0.717, 1.165) is 38.4 Å². The molecule has 7 aromatic rings. The fourth-order valence-electron chi connectivity index (χ4n) is 5.17. The van der Waals surface area contributed by atoms with Crippen LogP contribution in [-0.4, -0.2) is 9.97 Å². The molecule has 5 aromatic carbocycles. The molecule has 37 heavy (non-hydrogen) atoms. The molecule has 0 bridgehead atoms. The third kappa shape index (κ3) is 3.87. The van der Waals surface area contributed by atoms with Crippen molar-refractivity contribution >= 4 is 56.4 Å². The van der Waals surface area contributed by atoms with Crippen molar-refractivity contribution in [2.24, 2.45) is 0 Å². The number of fused-ring (bicyclic) bond motifs is 5. The number of hydrogen-bond acceptors (Lipinski definition) is 2. The number of aromatic nitrogens is 2. The number of benzene rings is 5. The molecule has 0 saturated carbocycles. The lowest BCUT2D eigenvalue weighted by molar-refractivity contribution is 1.41. The molecule has 174 valence electrons. The first-order valence-corrected chi connectivity index (χ1v) is 13.8. The molecule has 2 aromatic heterocycles. The van der Waals surface area contributed by atoms with Crippen molar-refractivity contribution in [2.75, 3.05) is 0 Å². The highest BCUT2D eigenvalue weighted by Gasteiger charge is 2.18. The largest absolute Gasteiger partial charge is 0.256 e. The van der Waals surface area contributed by atoms with Crippen LogP contribution in [0.2, 0.25) is 0 Å². The average Bonchev–Trinajstić information content (AvgIpc) is 2.98. The SMILES string of the molecule is c1ccc(P(c2ccccc2)c2ccc(-c3nc4ccccc4c4c3ccc3cccnc34)cc2)cc1. The molecule has 2 nitrogen and oxygen atoms in total. The van der Waals surface area contributed by atoms with Crippen molar-refractivity contribution in [2.45, 2.75) is 0 Å². The Morgan fingerprint density at radius 2 is 1.14 bits per heavy atom. The van der Waals surface area contributed by atoms with Gasteiger partial charge in [-0.15, -0.1) is 0 Å². The second-order valence-electron chi connectivity index (χ2n) is 9.09. The minimum atomic E-state index is -0.644. The minimum Gasteiger partial charge on any atom is -0.256 e. The lowest BCUT2D eigenvalue weighted by Crippen LogP contribution is -2.20. The Bertz CT molecular complexity index is 1810. The van der Waals surface area contributed by atoms with Crippen LogP contribution in [0.15, 0.2) is 140 Å². The van der Waals surface area contributed by atoms with Crippen LogP contribution in [0.5, 0.6) is 0 Å². The van der Waals surface area contributed by atoms with Crippen molar-refractivity contribution < 1.29 is 0 Å². The highest BCUT2D eigenvalue weighted by molar-refractivity contribution is 7.79.